The molecular weight excluding hydrogens is 476 g/mol. The summed E-state index contributed by atoms with van der Waals surface area (Å²) in [6, 6.07) is 16.7. The van der Waals surface area contributed by atoms with Crippen molar-refractivity contribution < 1.29 is 14.7 Å². The van der Waals surface area contributed by atoms with Crippen molar-refractivity contribution in [3.05, 3.63) is 92.9 Å². The van der Waals surface area contributed by atoms with Gasteiger partial charge in [0, 0.05) is 0 Å². The van der Waals surface area contributed by atoms with E-state index in [1.165, 1.54) is 33.1 Å². The normalized spacial score (nSPS) is 16.5. The topological polar surface area (TPSA) is 70.5 Å². The summed E-state index contributed by atoms with van der Waals surface area (Å²) in [6.07, 6.45) is 0.899. The predicted octanol–water partition coefficient (Wildman–Crippen LogP) is 7.00. The summed E-state index contributed by atoms with van der Waals surface area (Å²) in [5, 5.41) is 13.3. The second kappa shape index (κ2) is 8.73. The first-order valence-corrected chi connectivity index (χ1v) is 13.2. The molecule has 0 aliphatic carbocycles. The number of aliphatic hydroxyl groups is 1. The van der Waals surface area contributed by atoms with Gasteiger partial charge in [0.15, 0.2) is 10.9 Å². The number of rotatable bonds is 5. The Bertz CT molecular complexity index is 1460. The van der Waals surface area contributed by atoms with Crippen LogP contribution in [0.3, 0.4) is 0 Å². The number of fused-ring (bicyclic) bond motifs is 1. The summed E-state index contributed by atoms with van der Waals surface area (Å²) < 4.78 is 0.964. The first kappa shape index (κ1) is 23.5. The van der Waals surface area contributed by atoms with Gasteiger partial charge in [0.05, 0.1) is 26.7 Å². The zero-order valence-corrected chi connectivity index (χ0v) is 21.7. The highest BCUT2D eigenvalue weighted by atomic mass is 32.1. The van der Waals surface area contributed by atoms with Gasteiger partial charge in [0.25, 0.3) is 5.91 Å². The van der Waals surface area contributed by atoms with Gasteiger partial charge in [-0.1, -0.05) is 75.4 Å². The fourth-order valence-corrected chi connectivity index (χ4v) is 6.07. The van der Waals surface area contributed by atoms with Crippen molar-refractivity contribution in [2.24, 2.45) is 0 Å². The lowest BCUT2D eigenvalue weighted by Gasteiger charge is -2.25. The molecule has 3 heterocycles. The van der Waals surface area contributed by atoms with E-state index in [2.05, 4.69) is 33.8 Å². The number of amides is 1. The van der Waals surface area contributed by atoms with Crippen LogP contribution in [0.1, 0.15) is 60.1 Å². The average molecular weight is 503 g/mol. The number of benzene rings is 2. The van der Waals surface area contributed by atoms with Gasteiger partial charge in [-0.3, -0.25) is 14.5 Å². The number of thiazole rings is 1. The molecule has 0 fully saturated rings. The van der Waals surface area contributed by atoms with Crippen LogP contribution in [0.4, 0.5) is 5.13 Å². The zero-order valence-electron chi connectivity index (χ0n) is 20.0. The molecule has 35 heavy (non-hydrogen) atoms. The Labute approximate surface area is 212 Å². The molecule has 1 aliphatic heterocycles. The lowest BCUT2D eigenvalue weighted by molar-refractivity contribution is -0.117. The highest BCUT2D eigenvalue weighted by molar-refractivity contribution is 7.22. The molecule has 4 aromatic rings. The van der Waals surface area contributed by atoms with Crippen LogP contribution in [0.25, 0.3) is 10.2 Å². The number of aliphatic hydroxyl groups excluding tert-OH is 1. The van der Waals surface area contributed by atoms with E-state index in [4.69, 9.17) is 4.98 Å². The van der Waals surface area contributed by atoms with Gasteiger partial charge in [-0.15, -0.1) is 11.3 Å². The number of carbonyl (C=O) groups is 2. The van der Waals surface area contributed by atoms with Gasteiger partial charge in [-0.05, 0) is 52.1 Å². The van der Waals surface area contributed by atoms with E-state index in [1.54, 1.807) is 12.1 Å². The first-order chi connectivity index (χ1) is 16.7. The Morgan fingerprint density at radius 3 is 2.49 bits per heavy atom. The van der Waals surface area contributed by atoms with Crippen LogP contribution in [-0.4, -0.2) is 21.8 Å². The summed E-state index contributed by atoms with van der Waals surface area (Å²) in [6.45, 7) is 8.50. The van der Waals surface area contributed by atoms with Crippen LogP contribution in [0.2, 0.25) is 0 Å². The quantitative estimate of drug-likeness (QED) is 0.298. The van der Waals surface area contributed by atoms with E-state index >= 15 is 0 Å². The molecule has 0 saturated heterocycles. The Morgan fingerprint density at radius 1 is 1.11 bits per heavy atom. The van der Waals surface area contributed by atoms with Crippen molar-refractivity contribution in [3.63, 3.8) is 0 Å². The van der Waals surface area contributed by atoms with Crippen molar-refractivity contribution >= 4 is 49.7 Å². The Kier molecular flexibility index (Phi) is 5.85. The molecule has 1 amide bonds. The number of hydrogen-bond donors (Lipinski definition) is 1. The highest BCUT2D eigenvalue weighted by Crippen LogP contribution is 2.44. The molecule has 0 spiro atoms. The standard InChI is InChI=1S/C28H26N2O3S2/c1-5-16-8-13-19-21(15-16)35-27(29-19)30-23(17-9-11-18(12-10-17)28(2,3)4)22(25(32)26(30)33)24(31)20-7-6-14-34-20/h6-15,23,32H,5H2,1-4H3/t23-/m1/s1. The summed E-state index contributed by atoms with van der Waals surface area (Å²) in [7, 11) is 0. The highest BCUT2D eigenvalue weighted by Gasteiger charge is 2.46. The van der Waals surface area contributed by atoms with Gasteiger partial charge in [-0.25, -0.2) is 4.98 Å². The fourth-order valence-electron chi connectivity index (χ4n) is 4.34. The van der Waals surface area contributed by atoms with Crippen molar-refractivity contribution in [2.45, 2.75) is 45.6 Å². The molecule has 0 bridgehead atoms. The second-order valence-electron chi connectivity index (χ2n) is 9.67. The summed E-state index contributed by atoms with van der Waals surface area (Å²) in [5.41, 5.74) is 3.92. The van der Waals surface area contributed by atoms with Gasteiger partial charge in [0.1, 0.15) is 0 Å². The Hall–Kier alpha value is -3.29. The molecule has 0 unspecified atom stereocenters. The smallest absolute Gasteiger partial charge is 0.296 e. The molecule has 1 aliphatic rings. The molecule has 1 atom stereocenters. The van der Waals surface area contributed by atoms with Crippen molar-refractivity contribution in [1.82, 2.24) is 4.98 Å². The number of Topliss-reactive ketones (excluding diaryl/α,β-unsaturated/α-hetero) is 1. The number of anilines is 1. The lowest BCUT2D eigenvalue weighted by atomic mass is 9.85. The van der Waals surface area contributed by atoms with Crippen LogP contribution in [0.5, 0.6) is 0 Å². The van der Waals surface area contributed by atoms with E-state index in [0.717, 1.165) is 27.8 Å². The molecule has 0 radical (unpaired) electrons. The predicted molar refractivity (Wildman–Crippen MR) is 143 cm³/mol. The zero-order chi connectivity index (χ0) is 24.9. The lowest BCUT2D eigenvalue weighted by Crippen LogP contribution is -2.31. The van der Waals surface area contributed by atoms with E-state index in [0.29, 0.717) is 10.0 Å². The van der Waals surface area contributed by atoms with Crippen LogP contribution in [0.15, 0.2) is 71.3 Å². The molecule has 0 saturated carbocycles. The van der Waals surface area contributed by atoms with Gasteiger partial charge in [0.2, 0.25) is 5.78 Å². The largest absolute Gasteiger partial charge is 0.503 e. The Morgan fingerprint density at radius 2 is 1.86 bits per heavy atom. The number of ketones is 1. The van der Waals surface area contributed by atoms with Gasteiger partial charge < -0.3 is 5.11 Å². The number of nitrogens with zero attached hydrogens (tertiary/aromatic N) is 2. The van der Waals surface area contributed by atoms with Crippen LogP contribution < -0.4 is 4.90 Å². The third-order valence-electron chi connectivity index (χ3n) is 6.35. The minimum Gasteiger partial charge on any atom is -0.503 e. The minimum atomic E-state index is -0.766. The average Bonchev–Trinajstić information content (AvgIpc) is 3.56. The minimum absolute atomic E-state index is 0.0404. The number of aromatic nitrogens is 1. The van der Waals surface area contributed by atoms with Crippen LogP contribution >= 0.6 is 22.7 Å². The maximum atomic E-state index is 13.5. The maximum absolute atomic E-state index is 13.5. The third-order valence-corrected chi connectivity index (χ3v) is 8.23. The first-order valence-electron chi connectivity index (χ1n) is 11.5. The molecule has 178 valence electrons. The fraction of sp³-hybridized carbons (Fsp3) is 0.250. The number of thiophene rings is 1. The molecule has 7 heteroatoms. The van der Waals surface area contributed by atoms with Crippen LogP contribution in [-0.2, 0) is 16.6 Å². The molecule has 2 aromatic heterocycles. The van der Waals surface area contributed by atoms with Crippen molar-refractivity contribution in [1.29, 1.82) is 0 Å². The number of hydrogen-bond acceptors (Lipinski definition) is 6. The Balaban J connectivity index is 1.66. The van der Waals surface area contributed by atoms with Crippen LogP contribution in [0, 0.1) is 0 Å². The molecule has 5 nitrogen and oxygen atoms in total. The van der Waals surface area contributed by atoms with E-state index < -0.39 is 17.7 Å². The SMILES string of the molecule is CCc1ccc2nc(N3C(=O)C(O)=C(C(=O)c4cccs4)[C@H]3c3ccc(C(C)(C)C)cc3)sc2c1. The summed E-state index contributed by atoms with van der Waals surface area (Å²) in [4.78, 5) is 33.6. The molecule has 1 N–H and O–H groups in total. The van der Waals surface area contributed by atoms with E-state index in [9.17, 15) is 14.7 Å². The summed E-state index contributed by atoms with van der Waals surface area (Å²) >= 11 is 2.69. The van der Waals surface area contributed by atoms with E-state index in [-0.39, 0.29) is 16.8 Å². The number of carbonyl (C=O) groups excluding carboxylic acids is 2. The summed E-state index contributed by atoms with van der Waals surface area (Å²) in [5.74, 6) is -1.46. The van der Waals surface area contributed by atoms with E-state index in [1.807, 2.05) is 41.8 Å². The third kappa shape index (κ3) is 4.09. The molecule has 5 rings (SSSR count). The van der Waals surface area contributed by atoms with Crippen molar-refractivity contribution in [2.75, 3.05) is 4.90 Å². The number of aryl methyl sites for hydroxylation is 1. The van der Waals surface area contributed by atoms with Gasteiger partial charge >= 0.3 is 0 Å². The maximum Gasteiger partial charge on any atom is 0.296 e. The molecule has 2 aromatic carbocycles. The second-order valence-corrected chi connectivity index (χ2v) is 11.6. The van der Waals surface area contributed by atoms with Gasteiger partial charge in [-0.2, -0.15) is 0 Å². The van der Waals surface area contributed by atoms with Crippen molar-refractivity contribution in [3.8, 4) is 0 Å². The molecular formula is C28H26N2O3S2. The monoisotopic (exact) mass is 502 g/mol.